The number of thiazole rings is 1. The number of carbonyl (C=O) groups excluding carboxylic acids is 1. The van der Waals surface area contributed by atoms with Gasteiger partial charge in [0.2, 0.25) is 6.79 Å². The summed E-state index contributed by atoms with van der Waals surface area (Å²) < 4.78 is 16.4. The van der Waals surface area contributed by atoms with Gasteiger partial charge in [-0.2, -0.15) is 0 Å². The number of nitrogens with zero attached hydrogens (tertiary/aromatic N) is 2. The smallest absolute Gasteiger partial charge is 0.231 e. The van der Waals surface area contributed by atoms with Gasteiger partial charge < -0.3 is 14.2 Å². The van der Waals surface area contributed by atoms with Crippen molar-refractivity contribution in [1.82, 2.24) is 9.88 Å². The molecule has 7 heteroatoms. The lowest BCUT2D eigenvalue weighted by Gasteiger charge is -2.31. The topological polar surface area (TPSA) is 60.9 Å². The molecule has 3 heterocycles. The Hall–Kier alpha value is -1.96. The highest BCUT2D eigenvalue weighted by Gasteiger charge is 2.51. The number of methoxy groups -OCH3 is 1. The van der Waals surface area contributed by atoms with Gasteiger partial charge in [0.1, 0.15) is 10.8 Å². The average molecular weight is 443 g/mol. The number of benzene rings is 1. The Labute approximate surface area is 187 Å². The highest BCUT2D eigenvalue weighted by molar-refractivity contribution is 7.11. The summed E-state index contributed by atoms with van der Waals surface area (Å²) in [6.45, 7) is 4.36. The minimum Gasteiger partial charge on any atom is -0.454 e. The van der Waals surface area contributed by atoms with Crippen molar-refractivity contribution in [3.05, 3.63) is 39.8 Å². The molecule has 5 rings (SSSR count). The summed E-state index contributed by atoms with van der Waals surface area (Å²) in [4.78, 5) is 21.8. The lowest BCUT2D eigenvalue weighted by molar-refractivity contribution is -0.120. The third-order valence-electron chi connectivity index (χ3n) is 6.99. The number of carbonyl (C=O) groups is 1. The molecule has 1 saturated heterocycles. The first kappa shape index (κ1) is 20.9. The Balaban J connectivity index is 1.29. The van der Waals surface area contributed by atoms with E-state index in [9.17, 15) is 4.79 Å². The van der Waals surface area contributed by atoms with Crippen LogP contribution in [0.15, 0.2) is 24.4 Å². The van der Waals surface area contributed by atoms with Gasteiger partial charge in [0.25, 0.3) is 0 Å². The Morgan fingerprint density at radius 2 is 2.19 bits per heavy atom. The highest BCUT2D eigenvalue weighted by atomic mass is 32.1. The fourth-order valence-corrected chi connectivity index (χ4v) is 6.28. The van der Waals surface area contributed by atoms with Crippen molar-refractivity contribution < 1.29 is 19.0 Å². The van der Waals surface area contributed by atoms with Gasteiger partial charge in [-0.25, -0.2) is 4.98 Å². The Morgan fingerprint density at radius 1 is 1.35 bits per heavy atom. The fraction of sp³-hybridized carbons (Fsp3) is 0.583. The quantitative estimate of drug-likeness (QED) is 0.578. The monoisotopic (exact) mass is 442 g/mol. The second-order valence-electron chi connectivity index (χ2n) is 8.82. The van der Waals surface area contributed by atoms with Crippen molar-refractivity contribution in [2.45, 2.75) is 62.9 Å². The molecule has 3 aliphatic rings. The molecule has 0 N–H and O–H groups in total. The molecule has 1 aliphatic carbocycles. The molecule has 0 amide bonds. The van der Waals surface area contributed by atoms with Crippen LogP contribution in [0.25, 0.3) is 0 Å². The minimum atomic E-state index is -0.379. The van der Waals surface area contributed by atoms with Gasteiger partial charge in [0.05, 0.1) is 18.4 Å². The van der Waals surface area contributed by atoms with Gasteiger partial charge in [0.15, 0.2) is 11.5 Å². The summed E-state index contributed by atoms with van der Waals surface area (Å²) in [7, 11) is 1.78. The van der Waals surface area contributed by atoms with Crippen LogP contribution >= 0.6 is 11.3 Å². The fourth-order valence-electron chi connectivity index (χ4n) is 5.15. The molecule has 166 valence electrons. The highest BCUT2D eigenvalue weighted by Crippen LogP contribution is 2.51. The van der Waals surface area contributed by atoms with Crippen LogP contribution in [0.3, 0.4) is 0 Å². The third-order valence-corrected chi connectivity index (χ3v) is 8.09. The van der Waals surface area contributed by atoms with Crippen LogP contribution in [0, 0.1) is 0 Å². The lowest BCUT2D eigenvalue weighted by atomic mass is 9.89. The maximum absolute atomic E-state index is 13.3. The standard InChI is InChI=1S/C24H30N2O4S/c1-3-18(26-10-4-5-17(26)14-28-2)21-13-25-23(31-21)12-22(27)24(8-9-24)16-6-7-19-20(11-16)30-15-29-19/h6-7,11,13,17-18H,3-5,8-10,12,14-15H2,1-2H3/t17-,18?/m0/s1. The van der Waals surface area contributed by atoms with E-state index in [1.807, 2.05) is 24.4 Å². The van der Waals surface area contributed by atoms with E-state index in [0.29, 0.717) is 18.5 Å². The van der Waals surface area contributed by atoms with Crippen molar-refractivity contribution in [2.75, 3.05) is 27.1 Å². The molecule has 6 nitrogen and oxygen atoms in total. The molecule has 0 spiro atoms. The van der Waals surface area contributed by atoms with Gasteiger partial charge in [0, 0.05) is 30.3 Å². The largest absolute Gasteiger partial charge is 0.454 e. The number of ether oxygens (including phenoxy) is 3. The third kappa shape index (κ3) is 3.88. The molecular weight excluding hydrogens is 412 g/mol. The molecule has 2 fully saturated rings. The number of aromatic nitrogens is 1. The molecular formula is C24H30N2O4S. The predicted molar refractivity (Wildman–Crippen MR) is 119 cm³/mol. The van der Waals surface area contributed by atoms with Crippen molar-refractivity contribution >= 4 is 17.1 Å². The van der Waals surface area contributed by atoms with E-state index >= 15 is 0 Å². The Morgan fingerprint density at radius 3 is 2.97 bits per heavy atom. The predicted octanol–water partition coefficient (Wildman–Crippen LogP) is 4.28. The number of likely N-dealkylation sites (tertiary alicyclic amines) is 1. The zero-order valence-corrected chi connectivity index (χ0v) is 19.1. The van der Waals surface area contributed by atoms with Crippen LogP contribution in [0.2, 0.25) is 0 Å². The summed E-state index contributed by atoms with van der Waals surface area (Å²) in [5.74, 6) is 1.77. The van der Waals surface area contributed by atoms with Crippen molar-refractivity contribution in [2.24, 2.45) is 0 Å². The van der Waals surface area contributed by atoms with E-state index in [-0.39, 0.29) is 18.0 Å². The molecule has 2 aromatic rings. The van der Waals surface area contributed by atoms with Gasteiger partial charge in [-0.15, -0.1) is 11.3 Å². The summed E-state index contributed by atoms with van der Waals surface area (Å²) in [6.07, 6.45) is 7.62. The summed E-state index contributed by atoms with van der Waals surface area (Å²) >= 11 is 1.70. The minimum absolute atomic E-state index is 0.252. The van der Waals surface area contributed by atoms with Crippen molar-refractivity contribution in [1.29, 1.82) is 0 Å². The first-order chi connectivity index (χ1) is 15.1. The van der Waals surface area contributed by atoms with E-state index in [4.69, 9.17) is 14.2 Å². The molecule has 1 unspecified atom stereocenters. The first-order valence-electron chi connectivity index (χ1n) is 11.3. The van der Waals surface area contributed by atoms with E-state index in [1.54, 1.807) is 18.4 Å². The van der Waals surface area contributed by atoms with Gasteiger partial charge in [-0.1, -0.05) is 13.0 Å². The Kier molecular flexibility index (Phi) is 5.75. The van der Waals surface area contributed by atoms with Crippen LogP contribution in [-0.4, -0.2) is 48.8 Å². The van der Waals surface area contributed by atoms with Crippen LogP contribution in [0.1, 0.15) is 60.5 Å². The van der Waals surface area contributed by atoms with Crippen LogP contribution < -0.4 is 9.47 Å². The number of Topliss-reactive ketones (excluding diaryl/α,β-unsaturated/α-hetero) is 1. The normalized spacial score (nSPS) is 22.6. The molecule has 2 atom stereocenters. The van der Waals surface area contributed by atoms with Crippen molar-refractivity contribution in [3.8, 4) is 11.5 Å². The number of hydrogen-bond donors (Lipinski definition) is 0. The van der Waals surface area contributed by atoms with Gasteiger partial charge in [-0.05, 0) is 56.3 Å². The molecule has 2 aliphatic heterocycles. The van der Waals surface area contributed by atoms with E-state index < -0.39 is 0 Å². The van der Waals surface area contributed by atoms with E-state index in [2.05, 4.69) is 16.8 Å². The van der Waals surface area contributed by atoms with Crippen molar-refractivity contribution in [3.63, 3.8) is 0 Å². The number of fused-ring (bicyclic) bond motifs is 1. The average Bonchev–Trinajstić information content (AvgIpc) is 3.10. The van der Waals surface area contributed by atoms with Gasteiger partial charge in [-0.3, -0.25) is 9.69 Å². The molecule has 1 aromatic heterocycles. The second kappa shape index (κ2) is 8.52. The van der Waals surface area contributed by atoms with Gasteiger partial charge >= 0.3 is 0 Å². The van der Waals surface area contributed by atoms with E-state index in [1.165, 1.54) is 17.7 Å². The molecule has 31 heavy (non-hydrogen) atoms. The summed E-state index contributed by atoms with van der Waals surface area (Å²) in [6, 6.07) is 6.75. The van der Waals surface area contributed by atoms with Crippen LogP contribution in [0.4, 0.5) is 0 Å². The zero-order valence-electron chi connectivity index (χ0n) is 18.3. The van der Waals surface area contributed by atoms with Crippen LogP contribution in [-0.2, 0) is 21.4 Å². The lowest BCUT2D eigenvalue weighted by Crippen LogP contribution is -2.35. The zero-order chi connectivity index (χ0) is 21.4. The van der Waals surface area contributed by atoms with Crippen LogP contribution in [0.5, 0.6) is 11.5 Å². The number of ketones is 1. The number of rotatable bonds is 9. The molecule has 0 radical (unpaired) electrons. The first-order valence-corrected chi connectivity index (χ1v) is 12.1. The molecule has 1 aromatic carbocycles. The molecule has 0 bridgehead atoms. The maximum atomic E-state index is 13.3. The summed E-state index contributed by atoms with van der Waals surface area (Å²) in [5.41, 5.74) is 0.666. The maximum Gasteiger partial charge on any atom is 0.231 e. The Bertz CT molecular complexity index is 955. The SMILES string of the molecule is CCC(c1cnc(CC(=O)C2(c3ccc4c(c3)OCO4)CC2)s1)N1CCC[C@H]1COC. The second-order valence-corrected chi connectivity index (χ2v) is 9.97. The summed E-state index contributed by atoms with van der Waals surface area (Å²) in [5, 5.41) is 0.924. The van der Waals surface area contributed by atoms with E-state index in [0.717, 1.165) is 54.5 Å². The molecule has 1 saturated carbocycles. The number of hydrogen-bond acceptors (Lipinski definition) is 7.